The van der Waals surface area contributed by atoms with E-state index in [-0.39, 0.29) is 6.61 Å². The van der Waals surface area contributed by atoms with Crippen LogP contribution < -0.4 is 0 Å². The van der Waals surface area contributed by atoms with Gasteiger partial charge in [-0.15, -0.1) is 0 Å². The summed E-state index contributed by atoms with van der Waals surface area (Å²) >= 11 is 0. The number of cyclic esters (lactones) is 1. The molecule has 0 bridgehead atoms. The van der Waals surface area contributed by atoms with E-state index in [4.69, 9.17) is 19.3 Å². The second-order valence-electron chi connectivity index (χ2n) is 2.41. The minimum Gasteiger partial charge on any atom is -0.455 e. The Balaban J connectivity index is 2.13. The molecule has 2 saturated heterocycles. The van der Waals surface area contributed by atoms with Crippen molar-refractivity contribution in [3.8, 4) is 0 Å². The van der Waals surface area contributed by atoms with Crippen LogP contribution in [0.2, 0.25) is 0 Å². The highest BCUT2D eigenvalue weighted by atomic mass is 16.7. The number of hydrogen-bond donors (Lipinski definition) is 1. The summed E-state index contributed by atoms with van der Waals surface area (Å²) in [6.45, 7) is 0.878. The summed E-state index contributed by atoms with van der Waals surface area (Å²) in [6, 6.07) is 0. The number of ether oxygens (including phenoxy) is 3. The molecule has 1 N–H and O–H groups in total. The monoisotopic (exact) mass is 159 g/mol. The zero-order valence-corrected chi connectivity index (χ0v) is 5.60. The van der Waals surface area contributed by atoms with E-state index in [0.29, 0.717) is 0 Å². The number of aliphatic hydroxyl groups is 1. The average molecular weight is 159 g/mol. The van der Waals surface area contributed by atoms with Gasteiger partial charge in [-0.2, -0.15) is 0 Å². The molecular formula is C6H7O5. The Bertz CT molecular complexity index is 180. The Labute approximate surface area is 62.8 Å². The van der Waals surface area contributed by atoms with Gasteiger partial charge in [-0.3, -0.25) is 0 Å². The maximum absolute atomic E-state index is 10.9. The second kappa shape index (κ2) is 2.44. The lowest BCUT2D eigenvalue weighted by molar-refractivity contribution is -0.151. The van der Waals surface area contributed by atoms with Crippen molar-refractivity contribution in [2.75, 3.05) is 6.61 Å². The highest BCUT2D eigenvalue weighted by molar-refractivity contribution is 5.78. The Kier molecular flexibility index (Phi) is 1.56. The van der Waals surface area contributed by atoms with Gasteiger partial charge in [-0.25, -0.2) is 4.79 Å². The van der Waals surface area contributed by atoms with Gasteiger partial charge in [0.15, 0.2) is 12.2 Å². The number of aliphatic hydroxyl groups excluding tert-OH is 1. The number of rotatable bonds is 1. The molecule has 2 aliphatic heterocycles. The molecule has 11 heavy (non-hydrogen) atoms. The van der Waals surface area contributed by atoms with Gasteiger partial charge in [0, 0.05) is 0 Å². The van der Waals surface area contributed by atoms with Gasteiger partial charge in [0.1, 0.15) is 6.10 Å². The quantitative estimate of drug-likeness (QED) is 0.487. The third-order valence-electron chi connectivity index (χ3n) is 1.76. The van der Waals surface area contributed by atoms with Crippen LogP contribution in [0.5, 0.6) is 0 Å². The van der Waals surface area contributed by atoms with Gasteiger partial charge in [-0.1, -0.05) is 0 Å². The fourth-order valence-electron chi connectivity index (χ4n) is 1.20. The lowest BCUT2D eigenvalue weighted by atomic mass is 10.1. The molecule has 0 spiro atoms. The highest BCUT2D eigenvalue weighted by Gasteiger charge is 2.50. The van der Waals surface area contributed by atoms with Gasteiger partial charge in [-0.05, 0) is 0 Å². The Morgan fingerprint density at radius 2 is 2.36 bits per heavy atom. The van der Waals surface area contributed by atoms with Crippen molar-refractivity contribution in [2.45, 2.75) is 18.3 Å². The smallest absolute Gasteiger partial charge is 0.338 e. The van der Waals surface area contributed by atoms with Crippen LogP contribution in [-0.2, 0) is 19.0 Å². The molecule has 0 aromatic heterocycles. The molecule has 3 atom stereocenters. The average Bonchev–Trinajstić information content (AvgIpc) is 2.54. The largest absolute Gasteiger partial charge is 0.455 e. The Hall–Kier alpha value is -0.650. The zero-order valence-electron chi connectivity index (χ0n) is 5.60. The molecule has 0 aromatic rings. The lowest BCUT2D eigenvalue weighted by Crippen LogP contribution is -2.30. The third-order valence-corrected chi connectivity index (χ3v) is 1.76. The second-order valence-corrected chi connectivity index (χ2v) is 2.41. The molecule has 2 rings (SSSR count). The van der Waals surface area contributed by atoms with E-state index in [1.165, 1.54) is 0 Å². The van der Waals surface area contributed by atoms with Crippen LogP contribution in [0.25, 0.3) is 0 Å². The number of carbonyl (C=O) groups is 1. The van der Waals surface area contributed by atoms with E-state index in [9.17, 15) is 4.79 Å². The van der Waals surface area contributed by atoms with Crippen LogP contribution >= 0.6 is 0 Å². The Morgan fingerprint density at radius 1 is 1.55 bits per heavy atom. The molecular weight excluding hydrogens is 152 g/mol. The predicted octanol–water partition coefficient (Wildman–Crippen LogP) is -1.19. The topological polar surface area (TPSA) is 65.0 Å². The van der Waals surface area contributed by atoms with Gasteiger partial charge >= 0.3 is 5.97 Å². The first-order chi connectivity index (χ1) is 5.33. The summed E-state index contributed by atoms with van der Waals surface area (Å²) in [5.74, 6) is -0.470. The van der Waals surface area contributed by atoms with Crippen LogP contribution in [0.4, 0.5) is 0 Å². The van der Waals surface area contributed by atoms with Crippen LogP contribution in [0, 0.1) is 6.79 Å². The van der Waals surface area contributed by atoms with E-state index in [2.05, 4.69) is 0 Å². The first-order valence-electron chi connectivity index (χ1n) is 3.27. The molecule has 0 saturated carbocycles. The molecule has 2 heterocycles. The van der Waals surface area contributed by atoms with Crippen molar-refractivity contribution in [3.63, 3.8) is 0 Å². The van der Waals surface area contributed by atoms with Crippen molar-refractivity contribution in [2.24, 2.45) is 0 Å². The fourth-order valence-corrected chi connectivity index (χ4v) is 1.20. The van der Waals surface area contributed by atoms with Gasteiger partial charge < -0.3 is 19.3 Å². The highest BCUT2D eigenvalue weighted by Crippen LogP contribution is 2.28. The summed E-state index contributed by atoms with van der Waals surface area (Å²) < 4.78 is 14.4. The van der Waals surface area contributed by atoms with E-state index in [1.54, 1.807) is 0 Å². The van der Waals surface area contributed by atoms with Crippen LogP contribution in [0.3, 0.4) is 0 Å². The fraction of sp³-hybridized carbons (Fsp3) is 0.667. The summed E-state index contributed by atoms with van der Waals surface area (Å²) in [7, 11) is 0. The van der Waals surface area contributed by atoms with Crippen LogP contribution in [0.15, 0.2) is 0 Å². The van der Waals surface area contributed by atoms with Gasteiger partial charge in [0.25, 0.3) is 0 Å². The van der Waals surface area contributed by atoms with Crippen molar-refractivity contribution < 1.29 is 24.1 Å². The van der Waals surface area contributed by atoms with Crippen molar-refractivity contribution in [1.82, 2.24) is 0 Å². The van der Waals surface area contributed by atoms with E-state index in [0.717, 1.165) is 6.79 Å². The maximum Gasteiger partial charge on any atom is 0.338 e. The summed E-state index contributed by atoms with van der Waals surface area (Å²) in [5, 5.41) is 8.70. The molecule has 0 aromatic carbocycles. The molecule has 0 aliphatic carbocycles. The van der Waals surface area contributed by atoms with Crippen molar-refractivity contribution in [3.05, 3.63) is 6.79 Å². The first kappa shape index (κ1) is 7.02. The Morgan fingerprint density at radius 3 is 3.09 bits per heavy atom. The first-order valence-corrected chi connectivity index (χ1v) is 3.27. The van der Waals surface area contributed by atoms with Crippen molar-refractivity contribution in [1.29, 1.82) is 0 Å². The molecule has 2 fully saturated rings. The molecule has 3 unspecified atom stereocenters. The number of esters is 1. The number of fused-ring (bicyclic) bond motifs is 1. The summed E-state index contributed by atoms with van der Waals surface area (Å²) in [6.07, 6.45) is -1.72. The number of carbonyl (C=O) groups excluding carboxylic acids is 1. The summed E-state index contributed by atoms with van der Waals surface area (Å²) in [4.78, 5) is 10.9. The standard InChI is InChI=1S/C6H7O5/c7-1-3-4-5(6(8)11-3)10-2-9-4/h2-5,7H,1H2. The molecule has 5 heteroatoms. The SMILES string of the molecule is O=C1OC(CO)C2O[CH]OC12. The normalized spacial score (nSPS) is 42.3. The van der Waals surface area contributed by atoms with E-state index < -0.39 is 24.3 Å². The van der Waals surface area contributed by atoms with Crippen molar-refractivity contribution >= 4 is 5.97 Å². The van der Waals surface area contributed by atoms with Gasteiger partial charge in [0.2, 0.25) is 6.79 Å². The molecule has 5 nitrogen and oxygen atoms in total. The molecule has 1 radical (unpaired) electrons. The molecule has 2 aliphatic rings. The third kappa shape index (κ3) is 0.926. The number of hydrogen-bond acceptors (Lipinski definition) is 5. The zero-order chi connectivity index (χ0) is 7.84. The van der Waals surface area contributed by atoms with Gasteiger partial charge in [0.05, 0.1) is 6.61 Å². The van der Waals surface area contributed by atoms with Crippen LogP contribution in [0.1, 0.15) is 0 Å². The van der Waals surface area contributed by atoms with Crippen LogP contribution in [-0.4, -0.2) is 36.0 Å². The minimum absolute atomic E-state index is 0.232. The van der Waals surface area contributed by atoms with E-state index >= 15 is 0 Å². The molecule has 0 amide bonds. The van der Waals surface area contributed by atoms with E-state index in [1.807, 2.05) is 0 Å². The summed E-state index contributed by atoms with van der Waals surface area (Å²) in [5.41, 5.74) is 0. The molecule has 61 valence electrons. The minimum atomic E-state index is -0.674. The lowest BCUT2D eigenvalue weighted by Gasteiger charge is -2.09. The maximum atomic E-state index is 10.9. The predicted molar refractivity (Wildman–Crippen MR) is 31.0 cm³/mol.